The van der Waals surface area contributed by atoms with Gasteiger partial charge in [-0.15, -0.1) is 13.2 Å². The van der Waals surface area contributed by atoms with Gasteiger partial charge in [0.15, 0.2) is 0 Å². The van der Waals surface area contributed by atoms with Gasteiger partial charge in [-0.2, -0.15) is 0 Å². The molecule has 4 rings (SSSR count). The monoisotopic (exact) mass is 461 g/mol. The number of hydrogen-bond acceptors (Lipinski definition) is 3. The number of hydrogen-bond donors (Lipinski definition) is 1. The summed E-state index contributed by atoms with van der Waals surface area (Å²) in [5.74, 6) is -1.37. The number of urea groups is 1. The average Bonchev–Trinajstić information content (AvgIpc) is 3.15. The van der Waals surface area contributed by atoms with Crippen LogP contribution in [0.2, 0.25) is 0 Å². The number of anilines is 1. The van der Waals surface area contributed by atoms with Crippen molar-refractivity contribution in [1.82, 2.24) is 5.01 Å². The molecule has 1 heterocycles. The van der Waals surface area contributed by atoms with Crippen LogP contribution < -0.4 is 15.5 Å². The second-order valence-corrected chi connectivity index (χ2v) is 7.09. The van der Waals surface area contributed by atoms with E-state index in [1.54, 1.807) is 0 Å². The van der Waals surface area contributed by atoms with E-state index >= 15 is 0 Å². The quantitative estimate of drug-likeness (QED) is 0.519. The molecule has 0 atom stereocenters. The summed E-state index contributed by atoms with van der Waals surface area (Å²) in [7, 11) is 0. The molecule has 2 N–H and O–H groups in total. The van der Waals surface area contributed by atoms with Crippen molar-refractivity contribution in [3.05, 3.63) is 95.6 Å². The molecular formula is C23H16F5N3O2. The Kier molecular flexibility index (Phi) is 5.67. The zero-order chi connectivity index (χ0) is 23.8. The molecule has 3 aromatic rings. The Morgan fingerprint density at radius 2 is 1.33 bits per heavy atom. The molecule has 10 heteroatoms. The topological polar surface area (TPSA) is 58.8 Å². The fraction of sp³-hybridized carbons (Fsp3) is 0.0870. The highest BCUT2D eigenvalue weighted by Crippen LogP contribution is 2.40. The maximum absolute atomic E-state index is 13.5. The number of nitrogens with two attached hydrogens (primary N) is 1. The van der Waals surface area contributed by atoms with Crippen LogP contribution in [0.4, 0.5) is 32.4 Å². The lowest BCUT2D eigenvalue weighted by atomic mass is 10.00. The number of halogens is 5. The van der Waals surface area contributed by atoms with Crippen LogP contribution >= 0.6 is 0 Å². The number of primary amides is 1. The number of amides is 2. The van der Waals surface area contributed by atoms with Gasteiger partial charge in [-0.05, 0) is 66.2 Å². The van der Waals surface area contributed by atoms with E-state index in [-0.39, 0.29) is 6.54 Å². The molecule has 0 unspecified atom stereocenters. The van der Waals surface area contributed by atoms with Gasteiger partial charge in [-0.1, -0.05) is 12.1 Å². The average molecular weight is 461 g/mol. The molecule has 0 aliphatic carbocycles. The maximum Gasteiger partial charge on any atom is 0.573 e. The van der Waals surface area contributed by atoms with E-state index in [2.05, 4.69) is 4.74 Å². The first-order valence-corrected chi connectivity index (χ1v) is 9.60. The summed E-state index contributed by atoms with van der Waals surface area (Å²) in [6.07, 6.45) is -4.85. The molecule has 170 valence electrons. The van der Waals surface area contributed by atoms with E-state index in [0.717, 1.165) is 17.1 Å². The second-order valence-electron chi connectivity index (χ2n) is 7.09. The standard InChI is InChI=1S/C23H16F5N3O2/c24-16-5-1-14(2-6-16)20-13-30(18-9-11-19(12-10-18)33-23(26,27)28)31(22(29)32)21(20)15-3-7-17(25)8-4-15/h1-12H,13H2,(H2,29,32). The normalized spacial score (nSPS) is 14.1. The number of alkyl halides is 3. The maximum atomic E-state index is 13.5. The SMILES string of the molecule is NC(=O)N1C(c2ccc(F)cc2)=C(c2ccc(F)cc2)CN1c1ccc(OC(F)(F)F)cc1. The molecule has 33 heavy (non-hydrogen) atoms. The molecule has 0 saturated heterocycles. The molecule has 1 aliphatic rings. The smallest absolute Gasteiger partial charge is 0.406 e. The number of carbonyl (C=O) groups excluding carboxylic acids is 1. The van der Waals surface area contributed by atoms with Gasteiger partial charge in [-0.3, -0.25) is 5.01 Å². The summed E-state index contributed by atoms with van der Waals surface area (Å²) in [4.78, 5) is 12.5. The molecule has 0 saturated carbocycles. The highest BCUT2D eigenvalue weighted by atomic mass is 19.4. The molecule has 5 nitrogen and oxygen atoms in total. The van der Waals surface area contributed by atoms with Gasteiger partial charge >= 0.3 is 12.4 Å². The first-order valence-electron chi connectivity index (χ1n) is 9.60. The second kappa shape index (κ2) is 8.45. The van der Waals surface area contributed by atoms with Crippen LogP contribution in [0, 0.1) is 11.6 Å². The third-order valence-corrected chi connectivity index (χ3v) is 4.93. The highest BCUT2D eigenvalue weighted by molar-refractivity contribution is 6.02. The fourth-order valence-corrected chi connectivity index (χ4v) is 3.58. The van der Waals surface area contributed by atoms with Crippen LogP contribution in [-0.4, -0.2) is 23.9 Å². The summed E-state index contributed by atoms with van der Waals surface area (Å²) in [5.41, 5.74) is 7.98. The Morgan fingerprint density at radius 3 is 1.82 bits per heavy atom. The van der Waals surface area contributed by atoms with E-state index < -0.39 is 29.8 Å². The lowest BCUT2D eigenvalue weighted by Crippen LogP contribution is -2.44. The van der Waals surface area contributed by atoms with Crippen molar-refractivity contribution < 1.29 is 31.5 Å². The molecule has 0 aromatic heterocycles. The summed E-state index contributed by atoms with van der Waals surface area (Å²) in [5, 5.41) is 2.60. The van der Waals surface area contributed by atoms with Gasteiger partial charge in [0, 0.05) is 11.1 Å². The number of ether oxygens (including phenoxy) is 1. The minimum absolute atomic E-state index is 0.0841. The Morgan fingerprint density at radius 1 is 0.818 bits per heavy atom. The highest BCUT2D eigenvalue weighted by Gasteiger charge is 2.36. The molecule has 1 aliphatic heterocycles. The van der Waals surface area contributed by atoms with Crippen molar-refractivity contribution in [2.45, 2.75) is 6.36 Å². The molecule has 3 aromatic carbocycles. The fourth-order valence-electron chi connectivity index (χ4n) is 3.58. The number of nitrogens with zero attached hydrogens (tertiary/aromatic N) is 2. The predicted octanol–water partition coefficient (Wildman–Crippen LogP) is 5.55. The van der Waals surface area contributed by atoms with Crippen LogP contribution in [0.5, 0.6) is 5.75 Å². The van der Waals surface area contributed by atoms with E-state index in [9.17, 15) is 26.7 Å². The zero-order valence-corrected chi connectivity index (χ0v) is 16.8. The Bertz CT molecular complexity index is 1190. The molecule has 0 radical (unpaired) electrons. The molecule has 0 bridgehead atoms. The van der Waals surface area contributed by atoms with Crippen molar-refractivity contribution in [3.8, 4) is 5.75 Å². The van der Waals surface area contributed by atoms with E-state index in [0.29, 0.717) is 28.1 Å². The van der Waals surface area contributed by atoms with Gasteiger partial charge < -0.3 is 10.5 Å². The third-order valence-electron chi connectivity index (χ3n) is 4.93. The summed E-state index contributed by atoms with van der Waals surface area (Å²) in [6.45, 7) is 0.0841. The van der Waals surface area contributed by atoms with Crippen LogP contribution in [-0.2, 0) is 0 Å². The van der Waals surface area contributed by atoms with Crippen LogP contribution in [0.15, 0.2) is 72.8 Å². The number of hydrazine groups is 1. The van der Waals surface area contributed by atoms with Crippen LogP contribution in [0.1, 0.15) is 11.1 Å². The van der Waals surface area contributed by atoms with Crippen molar-refractivity contribution in [2.75, 3.05) is 11.6 Å². The zero-order valence-electron chi connectivity index (χ0n) is 16.8. The van der Waals surface area contributed by atoms with E-state index in [1.165, 1.54) is 65.7 Å². The Balaban J connectivity index is 1.79. The lowest BCUT2D eigenvalue weighted by molar-refractivity contribution is -0.274. The van der Waals surface area contributed by atoms with Gasteiger partial charge in [0.2, 0.25) is 0 Å². The minimum Gasteiger partial charge on any atom is -0.406 e. The summed E-state index contributed by atoms with van der Waals surface area (Å²) in [6, 6.07) is 14.9. The van der Waals surface area contributed by atoms with Crippen molar-refractivity contribution in [3.63, 3.8) is 0 Å². The van der Waals surface area contributed by atoms with Gasteiger partial charge in [0.1, 0.15) is 17.4 Å². The predicted molar refractivity (Wildman–Crippen MR) is 112 cm³/mol. The van der Waals surface area contributed by atoms with Gasteiger partial charge in [0.25, 0.3) is 0 Å². The first kappa shape index (κ1) is 22.1. The lowest BCUT2D eigenvalue weighted by Gasteiger charge is -2.30. The number of benzene rings is 3. The largest absolute Gasteiger partial charge is 0.573 e. The third kappa shape index (κ3) is 4.74. The Hall–Kier alpha value is -4.08. The Labute approximate surface area is 185 Å². The van der Waals surface area contributed by atoms with E-state index in [1.807, 2.05) is 0 Å². The van der Waals surface area contributed by atoms with Crippen molar-refractivity contribution in [1.29, 1.82) is 0 Å². The molecule has 0 fully saturated rings. The van der Waals surface area contributed by atoms with Gasteiger partial charge in [0.05, 0.1) is 17.9 Å². The molecular weight excluding hydrogens is 445 g/mol. The van der Waals surface area contributed by atoms with Crippen molar-refractivity contribution in [2.24, 2.45) is 5.73 Å². The number of rotatable bonds is 4. The van der Waals surface area contributed by atoms with E-state index in [4.69, 9.17) is 5.73 Å². The van der Waals surface area contributed by atoms with Crippen LogP contribution in [0.3, 0.4) is 0 Å². The minimum atomic E-state index is -4.85. The van der Waals surface area contributed by atoms with Gasteiger partial charge in [-0.25, -0.2) is 18.6 Å². The summed E-state index contributed by atoms with van der Waals surface area (Å²) >= 11 is 0. The van der Waals surface area contributed by atoms with Crippen molar-refractivity contribution >= 4 is 23.0 Å². The number of carbonyl (C=O) groups is 1. The first-order chi connectivity index (χ1) is 15.6. The molecule has 0 spiro atoms. The summed E-state index contributed by atoms with van der Waals surface area (Å²) < 4.78 is 68.4. The van der Waals surface area contributed by atoms with Crippen LogP contribution in [0.25, 0.3) is 11.3 Å². The molecule has 2 amide bonds.